The predicted molar refractivity (Wildman–Crippen MR) is 163 cm³/mol. The van der Waals surface area contributed by atoms with Crippen molar-refractivity contribution >= 4 is 39.6 Å². The van der Waals surface area contributed by atoms with Crippen LogP contribution >= 0.6 is 0 Å². The average Bonchev–Trinajstić information content (AvgIpc) is 3.34. The van der Waals surface area contributed by atoms with Gasteiger partial charge in [0.25, 0.3) is 0 Å². The van der Waals surface area contributed by atoms with Crippen molar-refractivity contribution in [1.29, 1.82) is 0 Å². The number of nitrogens with one attached hydrogen (secondary N) is 1. The number of allylic oxidation sites excluding steroid dienone is 2. The number of aryl methyl sites for hydroxylation is 1. The number of methoxy groups -OCH3 is 2. The molecule has 42 heavy (non-hydrogen) atoms. The number of nitrogen functional groups attached to an aromatic ring is 1. The van der Waals surface area contributed by atoms with E-state index in [-0.39, 0.29) is 18.6 Å². The predicted octanol–water partition coefficient (Wildman–Crippen LogP) is 3.02. The summed E-state index contributed by atoms with van der Waals surface area (Å²) in [6.45, 7) is 5.80. The second kappa shape index (κ2) is 13.9. The summed E-state index contributed by atoms with van der Waals surface area (Å²) in [5.41, 5.74) is 8.75. The van der Waals surface area contributed by atoms with Gasteiger partial charge in [-0.2, -0.15) is 0 Å². The van der Waals surface area contributed by atoms with E-state index >= 15 is 0 Å². The standard InChI is InChI=1S/C31H42N6O5/c1-31(2,30(39)41-5)42-22-11-8-10-21(18-22)20-36(26(38)19-33-3)15-9-16-37-25(14-17-40-4)35-27-28(37)23-12-6-7-13-24(23)34-29(27)32/h6-8,10-13,22,33H,9,14-20H2,1-5H3,(H2,32,34). The summed E-state index contributed by atoms with van der Waals surface area (Å²) in [6.07, 6.45) is 7.46. The summed E-state index contributed by atoms with van der Waals surface area (Å²) in [6, 6.07) is 7.92. The molecule has 226 valence electrons. The molecule has 0 saturated carbocycles. The van der Waals surface area contributed by atoms with Crippen LogP contribution in [-0.4, -0.2) is 90.5 Å². The van der Waals surface area contributed by atoms with Crippen LogP contribution in [0.5, 0.6) is 0 Å². The molecule has 0 fully saturated rings. The van der Waals surface area contributed by atoms with Crippen LogP contribution in [0.25, 0.3) is 21.9 Å². The van der Waals surface area contributed by atoms with Gasteiger partial charge in [-0.25, -0.2) is 14.8 Å². The topological polar surface area (TPSA) is 134 Å². The number of benzene rings is 1. The molecule has 3 N–H and O–H groups in total. The molecule has 11 heteroatoms. The third kappa shape index (κ3) is 7.15. The number of amides is 1. The molecule has 11 nitrogen and oxygen atoms in total. The van der Waals surface area contributed by atoms with Crippen molar-refractivity contribution in [1.82, 2.24) is 24.8 Å². The van der Waals surface area contributed by atoms with Crippen molar-refractivity contribution in [3.05, 3.63) is 53.9 Å². The highest BCUT2D eigenvalue weighted by Crippen LogP contribution is 2.29. The Kier molecular flexibility index (Phi) is 10.3. The molecule has 2 aromatic heterocycles. The maximum Gasteiger partial charge on any atom is 0.337 e. The molecule has 1 atom stereocenters. The molecule has 4 rings (SSSR count). The zero-order valence-corrected chi connectivity index (χ0v) is 25.2. The van der Waals surface area contributed by atoms with Crippen molar-refractivity contribution in [3.8, 4) is 0 Å². The maximum atomic E-state index is 13.2. The van der Waals surface area contributed by atoms with Gasteiger partial charge in [-0.1, -0.05) is 36.4 Å². The third-order valence-corrected chi connectivity index (χ3v) is 7.35. The Hall–Kier alpha value is -3.80. The number of para-hydroxylation sites is 1. The summed E-state index contributed by atoms with van der Waals surface area (Å²) in [5, 5.41) is 3.97. The van der Waals surface area contributed by atoms with E-state index in [0.29, 0.717) is 56.8 Å². The van der Waals surface area contributed by atoms with Crippen molar-refractivity contribution in [2.24, 2.45) is 0 Å². The molecular weight excluding hydrogens is 536 g/mol. The Labute approximate surface area is 246 Å². The van der Waals surface area contributed by atoms with E-state index in [0.717, 1.165) is 27.8 Å². The van der Waals surface area contributed by atoms with E-state index in [1.54, 1.807) is 28.0 Å². The number of fused-ring (bicyclic) bond motifs is 3. The molecule has 0 aliphatic heterocycles. The average molecular weight is 579 g/mol. The second-order valence-electron chi connectivity index (χ2n) is 10.9. The van der Waals surface area contributed by atoms with Crippen molar-refractivity contribution < 1.29 is 23.8 Å². The first-order chi connectivity index (χ1) is 20.2. The van der Waals surface area contributed by atoms with Crippen LogP contribution < -0.4 is 11.1 Å². The van der Waals surface area contributed by atoms with Crippen molar-refractivity contribution in [2.45, 2.75) is 51.4 Å². The lowest BCUT2D eigenvalue weighted by atomic mass is 10.0. The summed E-state index contributed by atoms with van der Waals surface area (Å²) in [7, 11) is 4.79. The fourth-order valence-corrected chi connectivity index (χ4v) is 5.33. The van der Waals surface area contributed by atoms with Gasteiger partial charge in [-0.15, -0.1) is 0 Å². The minimum absolute atomic E-state index is 0.00861. The number of nitrogens with two attached hydrogens (primary N) is 1. The second-order valence-corrected chi connectivity index (χ2v) is 10.9. The summed E-state index contributed by atoms with van der Waals surface area (Å²) < 4.78 is 18.5. The van der Waals surface area contributed by atoms with Crippen molar-refractivity contribution in [3.63, 3.8) is 0 Å². The van der Waals surface area contributed by atoms with E-state index < -0.39 is 11.6 Å². The van der Waals surface area contributed by atoms with E-state index in [4.69, 9.17) is 24.9 Å². The number of anilines is 1. The molecular formula is C31H42N6O5. The SMILES string of the molecule is CNCC(=O)N(CCCn1c(CCOC)nc2c(N)nc3ccccc3c21)CC1=CC=CC(OC(C)(C)C(=O)OC)C1. The Bertz CT molecular complexity index is 1480. The summed E-state index contributed by atoms with van der Waals surface area (Å²) in [5.74, 6) is 0.851. The number of imidazole rings is 1. The van der Waals surface area contributed by atoms with Crippen molar-refractivity contribution in [2.75, 3.05) is 53.2 Å². The molecule has 3 aromatic rings. The van der Waals surface area contributed by atoms with Gasteiger partial charge >= 0.3 is 5.97 Å². The van der Waals surface area contributed by atoms with Gasteiger partial charge in [0, 0.05) is 45.0 Å². The Morgan fingerprint density at radius 2 is 2.00 bits per heavy atom. The highest BCUT2D eigenvalue weighted by Gasteiger charge is 2.33. The molecule has 1 amide bonds. The van der Waals surface area contributed by atoms with Crippen LogP contribution in [0, 0.1) is 0 Å². The van der Waals surface area contributed by atoms with E-state index in [2.05, 4.69) is 14.9 Å². The number of hydrogen-bond acceptors (Lipinski definition) is 9. The highest BCUT2D eigenvalue weighted by molar-refractivity contribution is 6.06. The number of ether oxygens (including phenoxy) is 3. The number of carbonyl (C=O) groups is 2. The van der Waals surface area contributed by atoms with Crippen LogP contribution in [0.15, 0.2) is 48.1 Å². The molecule has 2 heterocycles. The normalized spacial score (nSPS) is 15.3. The molecule has 1 aliphatic rings. The Morgan fingerprint density at radius 3 is 2.74 bits per heavy atom. The minimum Gasteiger partial charge on any atom is -0.467 e. The first kappa shape index (κ1) is 31.1. The number of rotatable bonds is 14. The molecule has 1 aliphatic carbocycles. The van der Waals surface area contributed by atoms with Crippen LogP contribution in [0.2, 0.25) is 0 Å². The number of esters is 1. The van der Waals surface area contributed by atoms with E-state index in [1.165, 1.54) is 7.11 Å². The molecule has 0 bridgehead atoms. The lowest BCUT2D eigenvalue weighted by Crippen LogP contribution is -2.41. The monoisotopic (exact) mass is 578 g/mol. The quantitative estimate of drug-likeness (QED) is 0.277. The van der Waals surface area contributed by atoms with Gasteiger partial charge in [0.1, 0.15) is 11.3 Å². The highest BCUT2D eigenvalue weighted by atomic mass is 16.6. The molecule has 1 aromatic carbocycles. The number of likely N-dealkylation sites (N-methyl/N-ethyl adjacent to an activating group) is 1. The zero-order valence-electron chi connectivity index (χ0n) is 25.2. The van der Waals surface area contributed by atoms with Gasteiger partial charge < -0.3 is 34.7 Å². The fourth-order valence-electron chi connectivity index (χ4n) is 5.33. The van der Waals surface area contributed by atoms with Gasteiger partial charge in [0.05, 0.1) is 37.4 Å². The number of aromatic nitrogens is 3. The Balaban J connectivity index is 1.52. The van der Waals surface area contributed by atoms with Crippen LogP contribution in [0.1, 0.15) is 32.5 Å². The lowest BCUT2D eigenvalue weighted by Gasteiger charge is -2.30. The van der Waals surface area contributed by atoms with Crippen LogP contribution in [-0.2, 0) is 36.8 Å². The molecule has 0 radical (unpaired) electrons. The molecule has 0 saturated heterocycles. The lowest BCUT2D eigenvalue weighted by molar-refractivity contribution is -0.169. The number of pyridine rings is 1. The fraction of sp³-hybridized carbons (Fsp3) is 0.484. The van der Waals surface area contributed by atoms with Gasteiger partial charge in [-0.05, 0) is 39.0 Å². The van der Waals surface area contributed by atoms with Gasteiger partial charge in [-0.3, -0.25) is 4.79 Å². The molecule has 0 spiro atoms. The largest absolute Gasteiger partial charge is 0.467 e. The maximum absolute atomic E-state index is 13.2. The number of nitrogens with zero attached hydrogens (tertiary/aromatic N) is 4. The van der Waals surface area contributed by atoms with Gasteiger partial charge in [0.2, 0.25) is 5.91 Å². The molecule has 1 unspecified atom stereocenters. The number of hydrogen-bond donors (Lipinski definition) is 2. The van der Waals surface area contributed by atoms with E-state index in [9.17, 15) is 9.59 Å². The number of carbonyl (C=O) groups excluding carboxylic acids is 2. The van der Waals surface area contributed by atoms with Gasteiger partial charge in [0.15, 0.2) is 11.4 Å². The summed E-state index contributed by atoms with van der Waals surface area (Å²) in [4.78, 5) is 36.6. The first-order valence-corrected chi connectivity index (χ1v) is 14.3. The summed E-state index contributed by atoms with van der Waals surface area (Å²) >= 11 is 0. The first-order valence-electron chi connectivity index (χ1n) is 14.3. The minimum atomic E-state index is -1.08. The van der Waals surface area contributed by atoms with Crippen LogP contribution in [0.4, 0.5) is 5.82 Å². The zero-order chi connectivity index (χ0) is 30.3. The Morgan fingerprint density at radius 1 is 1.21 bits per heavy atom. The van der Waals surface area contributed by atoms with E-state index in [1.807, 2.05) is 47.4 Å². The van der Waals surface area contributed by atoms with Crippen LogP contribution in [0.3, 0.4) is 0 Å². The third-order valence-electron chi connectivity index (χ3n) is 7.35. The smallest absolute Gasteiger partial charge is 0.337 e.